The second kappa shape index (κ2) is 8.94. The summed E-state index contributed by atoms with van der Waals surface area (Å²) in [5.74, 6) is 0.546. The maximum atomic E-state index is 12.0. The summed E-state index contributed by atoms with van der Waals surface area (Å²) in [7, 11) is 2.99. The molecule has 3 N–H and O–H groups in total. The lowest BCUT2D eigenvalue weighted by molar-refractivity contribution is -0.120. The van der Waals surface area contributed by atoms with Crippen LogP contribution in [-0.2, 0) is 4.79 Å². The molecule has 2 amide bonds. The van der Waals surface area contributed by atoms with Crippen LogP contribution in [0.25, 0.3) is 0 Å². The molecule has 0 aliphatic rings. The number of carbonyl (C=O) groups excluding carboxylic acids is 2. The van der Waals surface area contributed by atoms with Gasteiger partial charge in [-0.1, -0.05) is 13.8 Å². The predicted molar refractivity (Wildman–Crippen MR) is 90.3 cm³/mol. The number of hydrazine groups is 1. The Labute approximate surface area is 140 Å². The van der Waals surface area contributed by atoms with Crippen molar-refractivity contribution in [2.75, 3.05) is 14.2 Å². The molecule has 0 atom stereocenters. The average molecular weight is 339 g/mol. The topological polar surface area (TPSA) is 88.7 Å². The third kappa shape index (κ3) is 6.11. The van der Waals surface area contributed by atoms with Crippen molar-refractivity contribution in [1.29, 1.82) is 0 Å². The molecular weight excluding hydrogens is 318 g/mol. The summed E-state index contributed by atoms with van der Waals surface area (Å²) in [5.41, 5.74) is 5.24. The highest BCUT2D eigenvalue weighted by molar-refractivity contribution is 7.80. The highest BCUT2D eigenvalue weighted by atomic mass is 32.1. The number of rotatable bonds is 5. The van der Waals surface area contributed by atoms with Crippen molar-refractivity contribution in [3.63, 3.8) is 0 Å². The van der Waals surface area contributed by atoms with E-state index in [9.17, 15) is 9.59 Å². The fourth-order valence-corrected chi connectivity index (χ4v) is 1.91. The van der Waals surface area contributed by atoms with E-state index in [1.807, 2.05) is 13.8 Å². The SMILES string of the molecule is COc1ccc(C(=O)NNC(=S)NC(=O)CC(C)C)cc1OC. The Hall–Kier alpha value is -2.35. The quantitative estimate of drug-likeness (QED) is 0.555. The van der Waals surface area contributed by atoms with Gasteiger partial charge in [-0.05, 0) is 36.3 Å². The standard InChI is InChI=1S/C15H21N3O4S/c1-9(2)7-13(19)16-15(23)18-17-14(20)10-5-6-11(21-3)12(8-10)22-4/h5-6,8-9H,7H2,1-4H3,(H,17,20)(H2,16,18,19,23). The number of amides is 2. The van der Waals surface area contributed by atoms with E-state index in [2.05, 4.69) is 16.2 Å². The van der Waals surface area contributed by atoms with E-state index in [0.29, 0.717) is 23.5 Å². The molecule has 0 radical (unpaired) electrons. The Morgan fingerprint density at radius 2 is 1.78 bits per heavy atom. The van der Waals surface area contributed by atoms with Gasteiger partial charge in [0.25, 0.3) is 5.91 Å². The van der Waals surface area contributed by atoms with Crippen LogP contribution in [0, 0.1) is 5.92 Å². The van der Waals surface area contributed by atoms with Crippen LogP contribution in [0.3, 0.4) is 0 Å². The van der Waals surface area contributed by atoms with Crippen molar-refractivity contribution in [3.05, 3.63) is 23.8 Å². The van der Waals surface area contributed by atoms with Crippen molar-refractivity contribution in [3.8, 4) is 11.5 Å². The molecule has 8 heteroatoms. The molecule has 1 aromatic rings. The Kier molecular flexibility index (Phi) is 7.27. The minimum atomic E-state index is -0.425. The Morgan fingerprint density at radius 3 is 2.35 bits per heavy atom. The van der Waals surface area contributed by atoms with Crippen molar-refractivity contribution in [2.24, 2.45) is 5.92 Å². The van der Waals surface area contributed by atoms with Crippen LogP contribution in [0.1, 0.15) is 30.6 Å². The summed E-state index contributed by atoms with van der Waals surface area (Å²) in [6.07, 6.45) is 0.353. The Bertz CT molecular complexity index is 590. The molecule has 0 unspecified atom stereocenters. The van der Waals surface area contributed by atoms with Crippen molar-refractivity contribution >= 4 is 29.1 Å². The van der Waals surface area contributed by atoms with Crippen LogP contribution >= 0.6 is 12.2 Å². The molecule has 7 nitrogen and oxygen atoms in total. The lowest BCUT2D eigenvalue weighted by Gasteiger charge is -2.12. The zero-order valence-electron chi connectivity index (χ0n) is 13.6. The lowest BCUT2D eigenvalue weighted by atomic mass is 10.1. The largest absolute Gasteiger partial charge is 0.493 e. The summed E-state index contributed by atoms with van der Waals surface area (Å²) in [6.45, 7) is 3.85. The van der Waals surface area contributed by atoms with E-state index in [1.54, 1.807) is 12.1 Å². The summed E-state index contributed by atoms with van der Waals surface area (Å²) >= 11 is 4.94. The maximum Gasteiger partial charge on any atom is 0.269 e. The smallest absolute Gasteiger partial charge is 0.269 e. The van der Waals surface area contributed by atoms with Gasteiger partial charge in [0, 0.05) is 12.0 Å². The third-order valence-electron chi connectivity index (χ3n) is 2.78. The van der Waals surface area contributed by atoms with E-state index < -0.39 is 5.91 Å². The zero-order chi connectivity index (χ0) is 17.4. The fraction of sp³-hybridized carbons (Fsp3) is 0.400. The van der Waals surface area contributed by atoms with Gasteiger partial charge < -0.3 is 14.8 Å². The number of benzene rings is 1. The van der Waals surface area contributed by atoms with Gasteiger partial charge in [0.15, 0.2) is 16.6 Å². The molecule has 0 aliphatic heterocycles. The van der Waals surface area contributed by atoms with Crippen LogP contribution in [0.15, 0.2) is 18.2 Å². The summed E-state index contributed by atoms with van der Waals surface area (Å²) in [6, 6.07) is 4.74. The number of nitrogens with one attached hydrogen (secondary N) is 3. The summed E-state index contributed by atoms with van der Waals surface area (Å²) in [4.78, 5) is 23.6. The van der Waals surface area contributed by atoms with Crippen LogP contribution in [0.5, 0.6) is 11.5 Å². The average Bonchev–Trinajstić information content (AvgIpc) is 2.50. The van der Waals surface area contributed by atoms with E-state index >= 15 is 0 Å². The lowest BCUT2D eigenvalue weighted by Crippen LogP contribution is -2.48. The molecule has 126 valence electrons. The van der Waals surface area contributed by atoms with Gasteiger partial charge in [0.1, 0.15) is 0 Å². The summed E-state index contributed by atoms with van der Waals surface area (Å²) in [5, 5.41) is 2.51. The molecule has 1 rings (SSSR count). The highest BCUT2D eigenvalue weighted by Crippen LogP contribution is 2.27. The molecule has 0 aliphatic carbocycles. The van der Waals surface area contributed by atoms with E-state index in [1.165, 1.54) is 20.3 Å². The molecule has 23 heavy (non-hydrogen) atoms. The first kappa shape index (κ1) is 18.7. The minimum Gasteiger partial charge on any atom is -0.493 e. The highest BCUT2D eigenvalue weighted by Gasteiger charge is 2.12. The monoisotopic (exact) mass is 339 g/mol. The minimum absolute atomic E-state index is 0.0319. The number of hydrogen-bond donors (Lipinski definition) is 3. The van der Waals surface area contributed by atoms with Crippen LogP contribution in [0.4, 0.5) is 0 Å². The second-order valence-corrected chi connectivity index (χ2v) is 5.53. The first-order valence-electron chi connectivity index (χ1n) is 6.99. The normalized spacial score (nSPS) is 9.96. The van der Waals surface area contributed by atoms with Gasteiger partial charge in [0.05, 0.1) is 14.2 Å². The molecule has 0 saturated carbocycles. The van der Waals surface area contributed by atoms with Gasteiger partial charge in [0.2, 0.25) is 5.91 Å². The van der Waals surface area contributed by atoms with Crippen LogP contribution in [0.2, 0.25) is 0 Å². The van der Waals surface area contributed by atoms with Crippen molar-refractivity contribution in [1.82, 2.24) is 16.2 Å². The van der Waals surface area contributed by atoms with Crippen molar-refractivity contribution in [2.45, 2.75) is 20.3 Å². The third-order valence-corrected chi connectivity index (χ3v) is 2.99. The number of hydrogen-bond acceptors (Lipinski definition) is 5. The van der Waals surface area contributed by atoms with Gasteiger partial charge >= 0.3 is 0 Å². The second-order valence-electron chi connectivity index (χ2n) is 5.12. The zero-order valence-corrected chi connectivity index (χ0v) is 14.4. The predicted octanol–water partition coefficient (Wildman–Crippen LogP) is 1.39. The van der Waals surface area contributed by atoms with Crippen molar-refractivity contribution < 1.29 is 19.1 Å². The first-order chi connectivity index (χ1) is 10.9. The molecule has 0 aromatic heterocycles. The number of carbonyl (C=O) groups is 2. The van der Waals surface area contributed by atoms with E-state index in [-0.39, 0.29) is 16.9 Å². The molecular formula is C15H21N3O4S. The Morgan fingerprint density at radius 1 is 1.13 bits per heavy atom. The number of ether oxygens (including phenoxy) is 2. The molecule has 0 heterocycles. The molecule has 0 saturated heterocycles. The maximum absolute atomic E-state index is 12.0. The Balaban J connectivity index is 2.56. The van der Waals surface area contributed by atoms with Crippen LogP contribution < -0.4 is 25.6 Å². The van der Waals surface area contributed by atoms with E-state index in [0.717, 1.165) is 0 Å². The molecule has 0 spiro atoms. The van der Waals surface area contributed by atoms with Crippen LogP contribution in [-0.4, -0.2) is 31.1 Å². The number of thiocarbonyl (C=S) groups is 1. The van der Waals surface area contributed by atoms with Gasteiger partial charge in [-0.25, -0.2) is 0 Å². The van der Waals surface area contributed by atoms with Gasteiger partial charge in [-0.3, -0.25) is 20.4 Å². The van der Waals surface area contributed by atoms with E-state index in [4.69, 9.17) is 21.7 Å². The molecule has 0 bridgehead atoms. The molecule has 0 fully saturated rings. The number of methoxy groups -OCH3 is 2. The summed E-state index contributed by atoms with van der Waals surface area (Å²) < 4.78 is 10.2. The first-order valence-corrected chi connectivity index (χ1v) is 7.40. The molecule has 1 aromatic carbocycles. The van der Waals surface area contributed by atoms with Gasteiger partial charge in [-0.15, -0.1) is 0 Å². The fourth-order valence-electron chi connectivity index (χ4n) is 1.74. The van der Waals surface area contributed by atoms with Gasteiger partial charge in [-0.2, -0.15) is 0 Å².